The number of thioether (sulfide) groups is 1. The van der Waals surface area contributed by atoms with Crippen molar-refractivity contribution in [2.45, 2.75) is 38.5 Å². The van der Waals surface area contributed by atoms with Crippen molar-refractivity contribution in [1.82, 2.24) is 20.4 Å². The molecule has 3 rings (SSSR count). The summed E-state index contributed by atoms with van der Waals surface area (Å²) >= 11 is 1.26. The van der Waals surface area contributed by atoms with E-state index in [0.717, 1.165) is 11.3 Å². The summed E-state index contributed by atoms with van der Waals surface area (Å²) in [7, 11) is 0. The van der Waals surface area contributed by atoms with Crippen molar-refractivity contribution in [2.75, 3.05) is 11.1 Å². The van der Waals surface area contributed by atoms with Gasteiger partial charge in [-0.25, -0.2) is 4.98 Å². The summed E-state index contributed by atoms with van der Waals surface area (Å²) in [4.78, 5) is 32.3. The van der Waals surface area contributed by atoms with Crippen molar-refractivity contribution in [3.05, 3.63) is 54.2 Å². The highest BCUT2D eigenvalue weighted by atomic mass is 32.2. The fourth-order valence-corrected chi connectivity index (χ4v) is 3.50. The normalized spacial score (nSPS) is 12.9. The predicted octanol–water partition coefficient (Wildman–Crippen LogP) is 3.70. The molecule has 2 heterocycles. The minimum absolute atomic E-state index is 0.151. The van der Waals surface area contributed by atoms with E-state index in [-0.39, 0.29) is 23.6 Å². The van der Waals surface area contributed by atoms with Crippen LogP contribution in [0, 0.1) is 6.92 Å². The molecule has 0 saturated heterocycles. The van der Waals surface area contributed by atoms with E-state index in [1.807, 2.05) is 37.3 Å². The van der Waals surface area contributed by atoms with Crippen molar-refractivity contribution in [3.63, 3.8) is 0 Å². The first-order valence-corrected chi connectivity index (χ1v) is 10.8. The Morgan fingerprint density at radius 1 is 1.27 bits per heavy atom. The predicted molar refractivity (Wildman–Crippen MR) is 117 cm³/mol. The van der Waals surface area contributed by atoms with Gasteiger partial charge < -0.3 is 20.1 Å². The maximum atomic E-state index is 12.4. The van der Waals surface area contributed by atoms with Crippen molar-refractivity contribution >= 4 is 29.4 Å². The Kier molecular flexibility index (Phi) is 7.29. The van der Waals surface area contributed by atoms with E-state index >= 15 is 0 Å². The number of aromatic nitrogens is 3. The van der Waals surface area contributed by atoms with Crippen LogP contribution in [-0.4, -0.2) is 37.9 Å². The van der Waals surface area contributed by atoms with Gasteiger partial charge in [-0.05, 0) is 25.8 Å². The molecule has 3 aromatic rings. The molecule has 0 fully saturated rings. The standard InChI is InChI=1S/C21H25N5O3S/c1-4-16(20-22-11-17(24-20)15-8-6-5-7-9-15)23-19(27)12-30-14(3)21(28)25-18-10-13(2)29-26-18/h5-11,14,16H,4,12H2,1-3H3,(H,22,24)(H,23,27)(H,25,26,28). The molecule has 1 aromatic carbocycles. The van der Waals surface area contributed by atoms with Gasteiger partial charge in [-0.2, -0.15) is 0 Å². The summed E-state index contributed by atoms with van der Waals surface area (Å²) in [6, 6.07) is 11.3. The number of imidazole rings is 1. The van der Waals surface area contributed by atoms with E-state index in [1.165, 1.54) is 11.8 Å². The summed E-state index contributed by atoms with van der Waals surface area (Å²) in [5.74, 6) is 1.47. The molecule has 158 valence electrons. The van der Waals surface area contributed by atoms with E-state index in [2.05, 4.69) is 25.8 Å². The second-order valence-electron chi connectivity index (χ2n) is 6.84. The number of carbonyl (C=O) groups excluding carboxylic acids is 2. The van der Waals surface area contributed by atoms with Crippen molar-refractivity contribution in [2.24, 2.45) is 0 Å². The fourth-order valence-electron chi connectivity index (χ4n) is 2.81. The molecule has 30 heavy (non-hydrogen) atoms. The van der Waals surface area contributed by atoms with Crippen molar-refractivity contribution in [1.29, 1.82) is 0 Å². The van der Waals surface area contributed by atoms with E-state index in [4.69, 9.17) is 4.52 Å². The Labute approximate surface area is 179 Å². The van der Waals surface area contributed by atoms with Crippen LogP contribution in [0.2, 0.25) is 0 Å². The van der Waals surface area contributed by atoms with Gasteiger partial charge in [0, 0.05) is 6.07 Å². The summed E-state index contributed by atoms with van der Waals surface area (Å²) in [6.45, 7) is 5.48. The molecular formula is C21H25N5O3S. The lowest BCUT2D eigenvalue weighted by molar-refractivity contribution is -0.119. The molecule has 0 aliphatic carbocycles. The van der Waals surface area contributed by atoms with Crippen LogP contribution < -0.4 is 10.6 Å². The molecule has 2 atom stereocenters. The lowest BCUT2D eigenvalue weighted by atomic mass is 10.2. The molecular weight excluding hydrogens is 402 g/mol. The van der Waals surface area contributed by atoms with E-state index in [0.29, 0.717) is 23.8 Å². The Hall–Kier alpha value is -3.07. The molecule has 0 aliphatic rings. The van der Waals surface area contributed by atoms with E-state index in [1.54, 1.807) is 26.1 Å². The number of aryl methyl sites for hydroxylation is 1. The zero-order chi connectivity index (χ0) is 21.5. The van der Waals surface area contributed by atoms with Crippen molar-refractivity contribution in [3.8, 4) is 11.3 Å². The quantitative estimate of drug-likeness (QED) is 0.480. The van der Waals surface area contributed by atoms with Crippen LogP contribution in [0.5, 0.6) is 0 Å². The SMILES string of the molecule is CCC(NC(=O)CSC(C)C(=O)Nc1cc(C)on1)c1ncc(-c2ccccc2)[nH]1. The highest BCUT2D eigenvalue weighted by molar-refractivity contribution is 8.01. The monoisotopic (exact) mass is 427 g/mol. The Bertz CT molecular complexity index is 985. The Balaban J connectivity index is 1.50. The molecule has 2 amide bonds. The first-order chi connectivity index (χ1) is 14.5. The van der Waals surface area contributed by atoms with Crippen LogP contribution in [0.3, 0.4) is 0 Å². The number of anilines is 1. The third-order valence-electron chi connectivity index (χ3n) is 4.47. The van der Waals surface area contributed by atoms with Crippen LogP contribution in [0.25, 0.3) is 11.3 Å². The summed E-state index contributed by atoms with van der Waals surface area (Å²) in [6.07, 6.45) is 2.46. The lowest BCUT2D eigenvalue weighted by Crippen LogP contribution is -2.32. The minimum Gasteiger partial charge on any atom is -0.360 e. The fraction of sp³-hybridized carbons (Fsp3) is 0.333. The molecule has 0 bridgehead atoms. The number of nitrogens with one attached hydrogen (secondary N) is 3. The first-order valence-electron chi connectivity index (χ1n) is 9.71. The van der Waals surface area contributed by atoms with Crippen LogP contribution in [0.15, 0.2) is 47.1 Å². The smallest absolute Gasteiger partial charge is 0.238 e. The first kappa shape index (κ1) is 21.6. The molecule has 0 saturated carbocycles. The summed E-state index contributed by atoms with van der Waals surface area (Å²) in [5, 5.41) is 8.97. The molecule has 8 nitrogen and oxygen atoms in total. The number of aromatic amines is 1. The van der Waals surface area contributed by atoms with Gasteiger partial charge in [0.25, 0.3) is 0 Å². The average Bonchev–Trinajstić information content (AvgIpc) is 3.40. The van der Waals surface area contributed by atoms with Gasteiger partial charge >= 0.3 is 0 Å². The second kappa shape index (κ2) is 10.1. The molecule has 2 unspecified atom stereocenters. The largest absolute Gasteiger partial charge is 0.360 e. The number of hydrogen-bond donors (Lipinski definition) is 3. The molecule has 0 spiro atoms. The third-order valence-corrected chi connectivity index (χ3v) is 5.61. The average molecular weight is 428 g/mol. The van der Waals surface area contributed by atoms with E-state index < -0.39 is 5.25 Å². The topological polar surface area (TPSA) is 113 Å². The van der Waals surface area contributed by atoms with Crippen LogP contribution in [0.4, 0.5) is 5.82 Å². The highest BCUT2D eigenvalue weighted by Gasteiger charge is 2.20. The zero-order valence-electron chi connectivity index (χ0n) is 17.1. The Morgan fingerprint density at radius 3 is 2.70 bits per heavy atom. The number of nitrogens with zero attached hydrogens (tertiary/aromatic N) is 2. The molecule has 0 aliphatic heterocycles. The lowest BCUT2D eigenvalue weighted by Gasteiger charge is -2.16. The summed E-state index contributed by atoms with van der Waals surface area (Å²) in [5.41, 5.74) is 1.94. The van der Waals surface area contributed by atoms with Gasteiger partial charge in [0.2, 0.25) is 11.8 Å². The number of benzene rings is 1. The second-order valence-corrected chi connectivity index (χ2v) is 8.17. The van der Waals surface area contributed by atoms with Gasteiger partial charge in [-0.3, -0.25) is 9.59 Å². The van der Waals surface area contributed by atoms with Crippen molar-refractivity contribution < 1.29 is 14.1 Å². The van der Waals surface area contributed by atoms with Gasteiger partial charge in [0.15, 0.2) is 5.82 Å². The van der Waals surface area contributed by atoms with Crippen LogP contribution in [0.1, 0.15) is 37.9 Å². The number of hydrogen-bond acceptors (Lipinski definition) is 6. The number of H-pyrrole nitrogens is 1. The number of carbonyl (C=O) groups is 2. The van der Waals surface area contributed by atoms with Gasteiger partial charge in [0.05, 0.1) is 28.9 Å². The number of rotatable bonds is 9. The van der Waals surface area contributed by atoms with E-state index in [9.17, 15) is 9.59 Å². The van der Waals surface area contributed by atoms with Crippen LogP contribution >= 0.6 is 11.8 Å². The zero-order valence-corrected chi connectivity index (χ0v) is 18.0. The van der Waals surface area contributed by atoms with Crippen LogP contribution in [-0.2, 0) is 9.59 Å². The maximum absolute atomic E-state index is 12.4. The van der Waals surface area contributed by atoms with Gasteiger partial charge in [-0.15, -0.1) is 11.8 Å². The van der Waals surface area contributed by atoms with Gasteiger partial charge in [-0.1, -0.05) is 42.4 Å². The Morgan fingerprint density at radius 2 is 2.03 bits per heavy atom. The number of amides is 2. The maximum Gasteiger partial charge on any atom is 0.238 e. The molecule has 2 aromatic heterocycles. The molecule has 9 heteroatoms. The third kappa shape index (κ3) is 5.73. The molecule has 3 N–H and O–H groups in total. The highest BCUT2D eigenvalue weighted by Crippen LogP contribution is 2.21. The van der Waals surface area contributed by atoms with Gasteiger partial charge in [0.1, 0.15) is 11.6 Å². The summed E-state index contributed by atoms with van der Waals surface area (Å²) < 4.78 is 4.93. The minimum atomic E-state index is -0.416. The molecule has 0 radical (unpaired) electrons.